The summed E-state index contributed by atoms with van der Waals surface area (Å²) in [6, 6.07) is 15.5. The predicted octanol–water partition coefficient (Wildman–Crippen LogP) is 5.43. The number of hydrogen-bond donors (Lipinski definition) is 2. The molecule has 0 saturated carbocycles. The second-order valence-corrected chi connectivity index (χ2v) is 9.18. The summed E-state index contributed by atoms with van der Waals surface area (Å²) in [5, 5.41) is 13.1. The number of hydrogen-bond acceptors (Lipinski definition) is 7. The Morgan fingerprint density at radius 2 is 2.03 bits per heavy atom. The molecule has 0 spiro atoms. The van der Waals surface area contributed by atoms with Crippen LogP contribution < -0.4 is 14.4 Å². The van der Waals surface area contributed by atoms with Gasteiger partial charge in [0, 0.05) is 30.4 Å². The van der Waals surface area contributed by atoms with Gasteiger partial charge in [-0.1, -0.05) is 30.3 Å². The topological polar surface area (TPSA) is 74.7 Å². The van der Waals surface area contributed by atoms with Gasteiger partial charge in [0.25, 0.3) is 0 Å². The summed E-state index contributed by atoms with van der Waals surface area (Å²) in [6.45, 7) is 2.07. The van der Waals surface area contributed by atoms with Crippen molar-refractivity contribution in [1.82, 2.24) is 4.98 Å². The van der Waals surface area contributed by atoms with Gasteiger partial charge in [0.15, 0.2) is 5.13 Å². The molecule has 1 fully saturated rings. The predicted molar refractivity (Wildman–Crippen MR) is 127 cm³/mol. The molecule has 1 aliphatic heterocycles. The summed E-state index contributed by atoms with van der Waals surface area (Å²) >= 11 is 3.06. The van der Waals surface area contributed by atoms with Crippen LogP contribution in [0.5, 0.6) is 5.75 Å². The maximum Gasteiger partial charge on any atom is 0.335 e. The number of nitrogens with one attached hydrogen (secondary N) is 1. The van der Waals surface area contributed by atoms with Gasteiger partial charge in [-0.3, -0.25) is 0 Å². The summed E-state index contributed by atoms with van der Waals surface area (Å²) in [6.07, 6.45) is 3.52. The van der Waals surface area contributed by atoms with Gasteiger partial charge >= 0.3 is 5.97 Å². The van der Waals surface area contributed by atoms with E-state index in [0.29, 0.717) is 11.4 Å². The average molecular weight is 456 g/mol. The zero-order chi connectivity index (χ0) is 21.6. The first kappa shape index (κ1) is 21.5. The molecule has 2 heterocycles. The molecule has 0 unspecified atom stereocenters. The van der Waals surface area contributed by atoms with E-state index >= 15 is 0 Å². The van der Waals surface area contributed by atoms with Crippen LogP contribution in [0.1, 0.15) is 28.8 Å². The molecule has 1 aliphatic rings. The standard InChI is InChI=1S/C23H25N3O3S2/c1-29-20-14-18(22(27)28)7-8-19(20)25-31-21-15-30-23(24-21)26-11-9-17(10-12-26)13-16-5-3-2-4-6-16/h2-8,14-15,17,25H,9-13H2,1H3,(H,27,28). The van der Waals surface area contributed by atoms with Gasteiger partial charge in [-0.2, -0.15) is 0 Å². The Labute approximate surface area is 190 Å². The highest BCUT2D eigenvalue weighted by atomic mass is 32.2. The smallest absolute Gasteiger partial charge is 0.335 e. The third-order valence-corrected chi connectivity index (χ3v) is 7.23. The lowest BCUT2D eigenvalue weighted by atomic mass is 9.90. The Morgan fingerprint density at radius 1 is 1.26 bits per heavy atom. The second kappa shape index (κ2) is 10.1. The van der Waals surface area contributed by atoms with Gasteiger partial charge < -0.3 is 19.5 Å². The molecule has 8 heteroatoms. The zero-order valence-corrected chi connectivity index (χ0v) is 18.9. The highest BCUT2D eigenvalue weighted by molar-refractivity contribution is 8.00. The molecule has 1 saturated heterocycles. The minimum atomic E-state index is -0.978. The number of rotatable bonds is 8. The first-order chi connectivity index (χ1) is 15.1. The van der Waals surface area contributed by atoms with Crippen molar-refractivity contribution < 1.29 is 14.6 Å². The molecule has 162 valence electrons. The van der Waals surface area contributed by atoms with Crippen LogP contribution in [0.3, 0.4) is 0 Å². The van der Waals surface area contributed by atoms with Crippen LogP contribution in [-0.4, -0.2) is 36.3 Å². The number of nitrogens with zero attached hydrogens (tertiary/aromatic N) is 2. The van der Waals surface area contributed by atoms with Crippen LogP contribution >= 0.6 is 23.3 Å². The van der Waals surface area contributed by atoms with Gasteiger partial charge in [-0.05, 0) is 48.9 Å². The van der Waals surface area contributed by atoms with E-state index in [1.807, 2.05) is 5.38 Å². The lowest BCUT2D eigenvalue weighted by Crippen LogP contribution is -2.34. The largest absolute Gasteiger partial charge is 0.495 e. The molecular weight excluding hydrogens is 430 g/mol. The lowest BCUT2D eigenvalue weighted by molar-refractivity contribution is 0.0696. The van der Waals surface area contributed by atoms with Crippen LogP contribution in [0.2, 0.25) is 0 Å². The molecule has 4 rings (SSSR count). The molecule has 0 atom stereocenters. The summed E-state index contributed by atoms with van der Waals surface area (Å²) in [5.41, 5.74) is 2.33. The summed E-state index contributed by atoms with van der Waals surface area (Å²) in [5.74, 6) is 0.243. The van der Waals surface area contributed by atoms with Crippen molar-refractivity contribution in [1.29, 1.82) is 0 Å². The molecule has 2 aromatic carbocycles. The fraction of sp³-hybridized carbons (Fsp3) is 0.304. The number of thiazole rings is 1. The van der Waals surface area contributed by atoms with Gasteiger partial charge in [0.1, 0.15) is 10.8 Å². The quantitative estimate of drug-likeness (QED) is 0.439. The van der Waals surface area contributed by atoms with E-state index in [-0.39, 0.29) is 5.56 Å². The molecule has 0 aliphatic carbocycles. The van der Waals surface area contributed by atoms with Crippen molar-refractivity contribution in [2.24, 2.45) is 5.92 Å². The number of benzene rings is 2. The number of piperidine rings is 1. The Balaban J connectivity index is 1.30. The van der Waals surface area contributed by atoms with E-state index in [1.54, 1.807) is 23.5 Å². The van der Waals surface area contributed by atoms with Gasteiger partial charge in [-0.25, -0.2) is 9.78 Å². The van der Waals surface area contributed by atoms with Gasteiger partial charge in [-0.15, -0.1) is 11.3 Å². The van der Waals surface area contributed by atoms with E-state index in [1.165, 1.54) is 43.5 Å². The van der Waals surface area contributed by atoms with Crippen molar-refractivity contribution in [2.45, 2.75) is 24.3 Å². The first-order valence-electron chi connectivity index (χ1n) is 10.2. The zero-order valence-electron chi connectivity index (χ0n) is 17.3. The number of aromatic carboxylic acids is 1. The van der Waals surface area contributed by atoms with E-state index in [4.69, 9.17) is 14.8 Å². The minimum Gasteiger partial charge on any atom is -0.495 e. The third-order valence-electron chi connectivity index (χ3n) is 5.44. The number of carboxylic acid groups (broad SMARTS) is 1. The van der Waals surface area contributed by atoms with Gasteiger partial charge in [0.05, 0.1) is 18.4 Å². The molecule has 1 aromatic heterocycles. The Hall–Kier alpha value is -2.71. The Morgan fingerprint density at radius 3 is 2.74 bits per heavy atom. The number of aromatic nitrogens is 1. The summed E-state index contributed by atoms with van der Waals surface area (Å²) < 4.78 is 8.53. The van der Waals surface area contributed by atoms with Crippen molar-refractivity contribution in [3.8, 4) is 5.75 Å². The first-order valence-corrected chi connectivity index (χ1v) is 11.9. The number of carbonyl (C=O) groups is 1. The van der Waals surface area contributed by atoms with Crippen molar-refractivity contribution >= 4 is 40.1 Å². The second-order valence-electron chi connectivity index (χ2n) is 7.51. The van der Waals surface area contributed by atoms with Crippen LogP contribution in [0.15, 0.2) is 58.9 Å². The fourth-order valence-corrected chi connectivity index (χ4v) is 5.39. The molecule has 0 radical (unpaired) electrons. The fourth-order valence-electron chi connectivity index (χ4n) is 3.73. The Kier molecular flexibility index (Phi) is 6.99. The maximum atomic E-state index is 11.1. The number of methoxy groups -OCH3 is 1. The molecule has 0 amide bonds. The van der Waals surface area contributed by atoms with Crippen molar-refractivity contribution in [3.05, 3.63) is 65.0 Å². The highest BCUT2D eigenvalue weighted by Gasteiger charge is 2.21. The number of ether oxygens (including phenoxy) is 1. The molecule has 6 nitrogen and oxygen atoms in total. The van der Waals surface area contributed by atoms with Crippen LogP contribution in [0.25, 0.3) is 0 Å². The molecule has 2 N–H and O–H groups in total. The van der Waals surface area contributed by atoms with Crippen molar-refractivity contribution in [3.63, 3.8) is 0 Å². The van der Waals surface area contributed by atoms with Gasteiger partial charge in [0.2, 0.25) is 0 Å². The van der Waals surface area contributed by atoms with Crippen LogP contribution in [-0.2, 0) is 6.42 Å². The maximum absolute atomic E-state index is 11.1. The van der Waals surface area contributed by atoms with E-state index in [0.717, 1.165) is 35.6 Å². The summed E-state index contributed by atoms with van der Waals surface area (Å²) in [4.78, 5) is 18.3. The highest BCUT2D eigenvalue weighted by Crippen LogP contribution is 2.33. The van der Waals surface area contributed by atoms with Crippen LogP contribution in [0.4, 0.5) is 10.8 Å². The van der Waals surface area contributed by atoms with E-state index < -0.39 is 5.97 Å². The van der Waals surface area contributed by atoms with Crippen molar-refractivity contribution in [2.75, 3.05) is 29.8 Å². The molecule has 0 bridgehead atoms. The van der Waals surface area contributed by atoms with E-state index in [2.05, 4.69) is 40.0 Å². The SMILES string of the molecule is COc1cc(C(=O)O)ccc1NSc1csc(N2CCC(Cc3ccccc3)CC2)n1. The normalized spacial score (nSPS) is 14.4. The lowest BCUT2D eigenvalue weighted by Gasteiger charge is -2.31. The summed E-state index contributed by atoms with van der Waals surface area (Å²) in [7, 11) is 1.53. The molecule has 3 aromatic rings. The molecular formula is C23H25N3O3S2. The number of carboxylic acids is 1. The molecule has 31 heavy (non-hydrogen) atoms. The Bertz CT molecular complexity index is 1020. The third kappa shape index (κ3) is 5.51. The number of anilines is 2. The van der Waals surface area contributed by atoms with Crippen LogP contribution in [0, 0.1) is 5.92 Å². The monoisotopic (exact) mass is 455 g/mol. The average Bonchev–Trinajstić information content (AvgIpc) is 3.28. The minimum absolute atomic E-state index is 0.194. The van der Waals surface area contributed by atoms with E-state index in [9.17, 15) is 4.79 Å².